The van der Waals surface area contributed by atoms with Crippen LogP contribution in [0.4, 0.5) is 17.1 Å². The summed E-state index contributed by atoms with van der Waals surface area (Å²) in [5.41, 5.74) is 26.9. The van der Waals surface area contributed by atoms with E-state index in [0.717, 1.165) is 22.7 Å². The minimum Gasteiger partial charge on any atom is -0.310 e. The SMILES string of the molecule is CC1(C)c2ccccc2-c2ccc(N(c3cccc(-n4c5ccc(-c6ccccc6)cc5c5cc(-c6ccccc6)ccc54)c3)c3cccc4c3-c3ccccc3C43c4ccccc4-c4ccccc43)cc21. The van der Waals surface area contributed by atoms with Crippen LogP contribution in [-0.2, 0) is 10.8 Å². The van der Waals surface area contributed by atoms with Gasteiger partial charge in [0, 0.05) is 38.8 Å². The van der Waals surface area contributed by atoms with Crippen molar-refractivity contribution in [3.05, 3.63) is 288 Å². The van der Waals surface area contributed by atoms with Gasteiger partial charge in [-0.25, -0.2) is 0 Å². The van der Waals surface area contributed by atoms with E-state index in [1.54, 1.807) is 0 Å². The topological polar surface area (TPSA) is 8.17 Å². The quantitative estimate of drug-likeness (QED) is 0.161. The summed E-state index contributed by atoms with van der Waals surface area (Å²) in [7, 11) is 0. The van der Waals surface area contributed by atoms with Crippen LogP contribution in [0, 0.1) is 0 Å². The first-order valence-corrected chi connectivity index (χ1v) is 25.3. The highest BCUT2D eigenvalue weighted by molar-refractivity contribution is 6.12. The van der Waals surface area contributed by atoms with Crippen LogP contribution in [0.5, 0.6) is 0 Å². The van der Waals surface area contributed by atoms with Crippen molar-refractivity contribution in [2.75, 3.05) is 4.90 Å². The number of fused-ring (bicyclic) bond motifs is 16. The lowest BCUT2D eigenvalue weighted by Gasteiger charge is -2.32. The maximum absolute atomic E-state index is 2.55. The molecule has 1 spiro atoms. The summed E-state index contributed by atoms with van der Waals surface area (Å²) in [6.07, 6.45) is 0. The van der Waals surface area contributed by atoms with Crippen molar-refractivity contribution in [3.8, 4) is 61.3 Å². The van der Waals surface area contributed by atoms with Gasteiger partial charge in [-0.15, -0.1) is 0 Å². The average molecular weight is 917 g/mol. The van der Waals surface area contributed by atoms with Gasteiger partial charge >= 0.3 is 0 Å². The maximum Gasteiger partial charge on any atom is 0.0726 e. The van der Waals surface area contributed by atoms with Crippen LogP contribution in [0.3, 0.4) is 0 Å². The highest BCUT2D eigenvalue weighted by Crippen LogP contribution is 2.65. The molecule has 0 amide bonds. The van der Waals surface area contributed by atoms with E-state index in [9.17, 15) is 0 Å². The zero-order chi connectivity index (χ0) is 47.7. The Kier molecular flexibility index (Phi) is 8.66. The van der Waals surface area contributed by atoms with Crippen LogP contribution in [0.15, 0.2) is 255 Å². The maximum atomic E-state index is 2.55. The summed E-state index contributed by atoms with van der Waals surface area (Å²) in [4.78, 5) is 2.55. The highest BCUT2D eigenvalue weighted by atomic mass is 15.1. The number of rotatable bonds is 6. The van der Waals surface area contributed by atoms with Gasteiger partial charge in [0.25, 0.3) is 0 Å². The van der Waals surface area contributed by atoms with Crippen molar-refractivity contribution in [2.24, 2.45) is 0 Å². The Labute approximate surface area is 420 Å². The monoisotopic (exact) mass is 916 g/mol. The second kappa shape index (κ2) is 15.3. The van der Waals surface area contributed by atoms with Crippen LogP contribution in [0.1, 0.15) is 47.2 Å². The number of benzene rings is 11. The lowest BCUT2D eigenvalue weighted by molar-refractivity contribution is 0.660. The largest absolute Gasteiger partial charge is 0.310 e. The predicted octanol–water partition coefficient (Wildman–Crippen LogP) is 18.2. The van der Waals surface area contributed by atoms with E-state index in [1.807, 2.05) is 0 Å². The number of hydrogen-bond acceptors (Lipinski definition) is 1. The molecule has 12 aromatic rings. The van der Waals surface area contributed by atoms with E-state index >= 15 is 0 Å². The molecule has 1 heterocycles. The molecule has 0 radical (unpaired) electrons. The molecule has 11 aromatic carbocycles. The molecule has 0 atom stereocenters. The smallest absolute Gasteiger partial charge is 0.0726 e. The molecule has 3 aliphatic carbocycles. The van der Waals surface area contributed by atoms with Crippen molar-refractivity contribution in [2.45, 2.75) is 24.7 Å². The van der Waals surface area contributed by atoms with Gasteiger partial charge in [0.2, 0.25) is 0 Å². The van der Waals surface area contributed by atoms with Crippen molar-refractivity contribution in [1.29, 1.82) is 0 Å². The summed E-state index contributed by atoms with van der Waals surface area (Å²) in [6.45, 7) is 4.77. The summed E-state index contributed by atoms with van der Waals surface area (Å²) >= 11 is 0. The summed E-state index contributed by atoms with van der Waals surface area (Å²) in [5, 5.41) is 2.46. The van der Waals surface area contributed by atoms with Crippen LogP contribution >= 0.6 is 0 Å². The highest BCUT2D eigenvalue weighted by Gasteiger charge is 2.52. The molecule has 2 nitrogen and oxygen atoms in total. The predicted molar refractivity (Wildman–Crippen MR) is 300 cm³/mol. The fraction of sp³-hybridized carbons (Fsp3) is 0.0571. The molecular formula is C70H48N2. The van der Waals surface area contributed by atoms with Gasteiger partial charge in [0.1, 0.15) is 0 Å². The lowest BCUT2D eigenvalue weighted by atomic mass is 9.70. The van der Waals surface area contributed by atoms with Gasteiger partial charge in [-0.2, -0.15) is 0 Å². The Hall–Kier alpha value is -8.98. The third-order valence-corrected chi connectivity index (χ3v) is 16.4. The number of aromatic nitrogens is 1. The molecule has 338 valence electrons. The van der Waals surface area contributed by atoms with Crippen LogP contribution in [-0.4, -0.2) is 4.57 Å². The lowest BCUT2D eigenvalue weighted by Crippen LogP contribution is -2.26. The van der Waals surface area contributed by atoms with Crippen LogP contribution in [0.2, 0.25) is 0 Å². The molecule has 2 heteroatoms. The Morgan fingerprint density at radius 1 is 0.319 bits per heavy atom. The normalized spacial score (nSPS) is 13.9. The van der Waals surface area contributed by atoms with Gasteiger partial charge in [-0.3, -0.25) is 0 Å². The third-order valence-electron chi connectivity index (χ3n) is 16.4. The molecule has 1 aromatic heterocycles. The summed E-state index contributed by atoms with van der Waals surface area (Å²) in [6, 6.07) is 95.4. The third kappa shape index (κ3) is 5.61. The van der Waals surface area contributed by atoms with E-state index in [1.165, 1.54) is 111 Å². The summed E-state index contributed by atoms with van der Waals surface area (Å²) in [5.74, 6) is 0. The first-order chi connectivity index (χ1) is 35.5. The summed E-state index contributed by atoms with van der Waals surface area (Å²) < 4.78 is 2.48. The molecule has 0 unspecified atom stereocenters. The zero-order valence-corrected chi connectivity index (χ0v) is 40.1. The van der Waals surface area contributed by atoms with Crippen molar-refractivity contribution >= 4 is 38.9 Å². The standard InChI is InChI=1S/C70H48N2/c1-69(2)59-29-13-9-25-52(59)55-38-37-51(44-64(55)69)71(67-34-18-33-63-68(67)56-28-12-16-32-62(56)70(63)60-30-14-10-26-53(60)54-27-11-15-31-61(54)70)49-23-17-24-50(43-49)72-65-39-35-47(45-19-5-3-6-20-45)41-57(65)58-42-48(36-40-66(58)72)46-21-7-4-8-22-46/h3-44H,1-2H3. The second-order valence-electron chi connectivity index (χ2n) is 20.4. The Morgan fingerprint density at radius 3 is 1.40 bits per heavy atom. The zero-order valence-electron chi connectivity index (χ0n) is 40.1. The molecule has 0 aliphatic heterocycles. The number of hydrogen-bond donors (Lipinski definition) is 0. The van der Waals surface area contributed by atoms with Crippen molar-refractivity contribution in [3.63, 3.8) is 0 Å². The van der Waals surface area contributed by atoms with Gasteiger partial charge in [0.15, 0.2) is 0 Å². The van der Waals surface area contributed by atoms with E-state index in [0.29, 0.717) is 0 Å². The molecule has 0 fully saturated rings. The second-order valence-corrected chi connectivity index (χ2v) is 20.4. The molecule has 72 heavy (non-hydrogen) atoms. The minimum absolute atomic E-state index is 0.178. The molecule has 15 rings (SSSR count). The Bertz CT molecular complexity index is 4050. The van der Waals surface area contributed by atoms with Gasteiger partial charge < -0.3 is 9.47 Å². The van der Waals surface area contributed by atoms with Gasteiger partial charge in [-0.1, -0.05) is 208 Å². The Balaban J connectivity index is 0.987. The minimum atomic E-state index is -0.468. The van der Waals surface area contributed by atoms with Gasteiger partial charge in [-0.05, 0) is 144 Å². The average Bonchev–Trinajstić information content (AvgIpc) is 4.11. The van der Waals surface area contributed by atoms with E-state index < -0.39 is 5.41 Å². The van der Waals surface area contributed by atoms with Crippen LogP contribution in [0.25, 0.3) is 83.1 Å². The van der Waals surface area contributed by atoms with E-state index in [2.05, 4.69) is 278 Å². The molecule has 0 N–H and O–H groups in total. The number of anilines is 3. The van der Waals surface area contributed by atoms with Gasteiger partial charge in [0.05, 0.1) is 22.1 Å². The molecular weight excluding hydrogens is 869 g/mol. The molecule has 3 aliphatic rings. The van der Waals surface area contributed by atoms with Crippen molar-refractivity contribution < 1.29 is 0 Å². The van der Waals surface area contributed by atoms with E-state index in [-0.39, 0.29) is 5.41 Å². The van der Waals surface area contributed by atoms with Crippen molar-refractivity contribution in [1.82, 2.24) is 4.57 Å². The first-order valence-electron chi connectivity index (χ1n) is 25.3. The van der Waals surface area contributed by atoms with E-state index in [4.69, 9.17) is 0 Å². The molecule has 0 saturated heterocycles. The molecule has 0 saturated carbocycles. The fourth-order valence-corrected chi connectivity index (χ4v) is 13.3. The number of nitrogens with zero attached hydrogens (tertiary/aromatic N) is 2. The van der Waals surface area contributed by atoms with Crippen LogP contribution < -0.4 is 4.90 Å². The fourth-order valence-electron chi connectivity index (χ4n) is 13.3. The first kappa shape index (κ1) is 40.9. The molecule has 0 bridgehead atoms. The Morgan fingerprint density at radius 2 is 0.792 bits per heavy atom.